The molecule has 1 saturated carbocycles. The summed E-state index contributed by atoms with van der Waals surface area (Å²) in [7, 11) is 0. The van der Waals surface area contributed by atoms with E-state index in [0.29, 0.717) is 24.7 Å². The fourth-order valence-electron chi connectivity index (χ4n) is 5.12. The first-order chi connectivity index (χ1) is 14.7. The van der Waals surface area contributed by atoms with Crippen molar-refractivity contribution in [3.05, 3.63) is 29.3 Å². The SMILES string of the molecule is CC1CCC(OC(N)=O)(C2CN(c3cc(F)c(C4CCC(=O)NC4=O)c(F)c3)C2)CC1. The number of halogens is 2. The van der Waals surface area contributed by atoms with Crippen LogP contribution in [0.2, 0.25) is 0 Å². The summed E-state index contributed by atoms with van der Waals surface area (Å²) in [5.74, 6) is -3.15. The average Bonchev–Trinajstić information content (AvgIpc) is 2.63. The fourth-order valence-corrected chi connectivity index (χ4v) is 5.12. The van der Waals surface area contributed by atoms with Crippen molar-refractivity contribution in [1.29, 1.82) is 0 Å². The van der Waals surface area contributed by atoms with Gasteiger partial charge in [0.1, 0.15) is 17.2 Å². The van der Waals surface area contributed by atoms with Gasteiger partial charge in [-0.05, 0) is 50.2 Å². The topological polar surface area (TPSA) is 102 Å². The van der Waals surface area contributed by atoms with Gasteiger partial charge in [0.2, 0.25) is 11.8 Å². The Bertz CT molecular complexity index is 885. The van der Waals surface area contributed by atoms with Crippen LogP contribution in [0.1, 0.15) is 56.9 Å². The van der Waals surface area contributed by atoms with E-state index in [9.17, 15) is 23.2 Å². The molecule has 3 aliphatic rings. The van der Waals surface area contributed by atoms with Gasteiger partial charge in [-0.15, -0.1) is 0 Å². The van der Waals surface area contributed by atoms with Crippen LogP contribution in [0.25, 0.3) is 0 Å². The zero-order valence-electron chi connectivity index (χ0n) is 17.5. The Morgan fingerprint density at radius 1 is 1.16 bits per heavy atom. The van der Waals surface area contributed by atoms with Gasteiger partial charge in [0.15, 0.2) is 0 Å². The van der Waals surface area contributed by atoms with Crippen molar-refractivity contribution >= 4 is 23.6 Å². The van der Waals surface area contributed by atoms with Gasteiger partial charge < -0.3 is 15.4 Å². The number of imide groups is 1. The van der Waals surface area contributed by atoms with Gasteiger partial charge in [0.05, 0.1) is 5.92 Å². The van der Waals surface area contributed by atoms with Crippen LogP contribution in [-0.2, 0) is 14.3 Å². The maximum absolute atomic E-state index is 14.8. The molecule has 1 aromatic carbocycles. The van der Waals surface area contributed by atoms with E-state index in [1.165, 1.54) is 12.1 Å². The highest BCUT2D eigenvalue weighted by Crippen LogP contribution is 2.45. The number of rotatable bonds is 4. The Kier molecular flexibility index (Phi) is 5.61. The van der Waals surface area contributed by atoms with Crippen molar-refractivity contribution in [2.24, 2.45) is 17.6 Å². The minimum absolute atomic E-state index is 0.0356. The lowest BCUT2D eigenvalue weighted by Gasteiger charge is -2.52. The minimum Gasteiger partial charge on any atom is -0.443 e. The number of hydrogen-bond acceptors (Lipinski definition) is 5. The highest BCUT2D eigenvalue weighted by Gasteiger charge is 2.49. The van der Waals surface area contributed by atoms with E-state index < -0.39 is 41.1 Å². The first-order valence-corrected chi connectivity index (χ1v) is 10.7. The summed E-state index contributed by atoms with van der Waals surface area (Å²) in [5.41, 5.74) is 4.77. The van der Waals surface area contributed by atoms with Crippen LogP contribution >= 0.6 is 0 Å². The summed E-state index contributed by atoms with van der Waals surface area (Å²) >= 11 is 0. The highest BCUT2D eigenvalue weighted by atomic mass is 19.1. The van der Waals surface area contributed by atoms with E-state index in [2.05, 4.69) is 12.2 Å². The van der Waals surface area contributed by atoms with Crippen LogP contribution < -0.4 is 16.0 Å². The van der Waals surface area contributed by atoms with Gasteiger partial charge in [-0.2, -0.15) is 0 Å². The lowest BCUT2D eigenvalue weighted by Crippen LogP contribution is -2.61. The monoisotopic (exact) mass is 435 g/mol. The number of nitrogens with zero attached hydrogens (tertiary/aromatic N) is 1. The third-order valence-corrected chi connectivity index (χ3v) is 7.07. The number of carbonyl (C=O) groups excluding carboxylic acids is 3. The maximum atomic E-state index is 14.8. The molecule has 1 atom stereocenters. The smallest absolute Gasteiger partial charge is 0.405 e. The Hall–Kier alpha value is -2.71. The molecule has 0 bridgehead atoms. The van der Waals surface area contributed by atoms with E-state index in [1.807, 2.05) is 4.90 Å². The van der Waals surface area contributed by atoms with Gasteiger partial charge in [0.25, 0.3) is 0 Å². The van der Waals surface area contributed by atoms with E-state index >= 15 is 0 Å². The number of nitrogens with two attached hydrogens (primary N) is 1. The summed E-state index contributed by atoms with van der Waals surface area (Å²) < 4.78 is 35.2. The molecular weight excluding hydrogens is 408 g/mol. The number of anilines is 1. The standard InChI is InChI=1S/C22H27F2N3O4/c1-12-4-6-22(7-5-12,31-21(25)30)13-10-27(11-13)14-8-16(23)19(17(24)9-14)15-2-3-18(28)26-20(15)29/h8-9,12-13,15H,2-7,10-11H2,1H3,(H2,25,30)(H,26,28,29). The second-order valence-corrected chi connectivity index (χ2v) is 9.10. The predicted octanol–water partition coefficient (Wildman–Crippen LogP) is 2.97. The molecule has 1 aromatic rings. The molecule has 7 nitrogen and oxygen atoms in total. The lowest BCUT2D eigenvalue weighted by molar-refractivity contribution is -0.134. The van der Waals surface area contributed by atoms with Crippen molar-refractivity contribution in [2.45, 2.75) is 57.0 Å². The molecule has 4 rings (SSSR count). The van der Waals surface area contributed by atoms with Crippen molar-refractivity contribution in [3.8, 4) is 0 Å². The quantitative estimate of drug-likeness (QED) is 0.708. The van der Waals surface area contributed by atoms with E-state index in [4.69, 9.17) is 10.5 Å². The first kappa shape index (κ1) is 21.5. The molecule has 2 heterocycles. The number of nitrogens with one attached hydrogen (secondary N) is 1. The molecule has 1 unspecified atom stereocenters. The minimum atomic E-state index is -1.02. The molecule has 3 N–H and O–H groups in total. The number of hydrogen-bond donors (Lipinski definition) is 2. The van der Waals surface area contributed by atoms with Crippen molar-refractivity contribution in [1.82, 2.24) is 5.32 Å². The van der Waals surface area contributed by atoms with Crippen LogP contribution in [0.4, 0.5) is 19.3 Å². The number of ether oxygens (including phenoxy) is 1. The second-order valence-electron chi connectivity index (χ2n) is 9.10. The lowest BCUT2D eigenvalue weighted by atomic mass is 9.69. The number of amides is 3. The van der Waals surface area contributed by atoms with Crippen molar-refractivity contribution in [2.75, 3.05) is 18.0 Å². The molecule has 31 heavy (non-hydrogen) atoms. The van der Waals surface area contributed by atoms with E-state index in [0.717, 1.165) is 25.7 Å². The average molecular weight is 435 g/mol. The summed E-state index contributed by atoms with van der Waals surface area (Å²) in [6.07, 6.45) is 2.67. The highest BCUT2D eigenvalue weighted by molar-refractivity contribution is 6.01. The molecule has 168 valence electrons. The Morgan fingerprint density at radius 3 is 2.32 bits per heavy atom. The van der Waals surface area contributed by atoms with Gasteiger partial charge >= 0.3 is 6.09 Å². The number of primary amides is 1. The van der Waals surface area contributed by atoms with Crippen molar-refractivity contribution in [3.63, 3.8) is 0 Å². The Morgan fingerprint density at radius 2 is 1.77 bits per heavy atom. The summed E-state index contributed by atoms with van der Waals surface area (Å²) in [5, 5.41) is 2.13. The third kappa shape index (κ3) is 4.09. The number of benzene rings is 1. The Labute approximate surface area is 179 Å². The number of carbonyl (C=O) groups is 3. The van der Waals surface area contributed by atoms with Crippen LogP contribution in [-0.4, -0.2) is 36.6 Å². The van der Waals surface area contributed by atoms with Gasteiger partial charge in [-0.1, -0.05) is 6.92 Å². The first-order valence-electron chi connectivity index (χ1n) is 10.7. The molecule has 2 saturated heterocycles. The predicted molar refractivity (Wildman–Crippen MR) is 108 cm³/mol. The summed E-state index contributed by atoms with van der Waals surface area (Å²) in [4.78, 5) is 36.7. The van der Waals surface area contributed by atoms with Crippen LogP contribution in [0.15, 0.2) is 12.1 Å². The van der Waals surface area contributed by atoms with E-state index in [-0.39, 0.29) is 24.3 Å². The normalized spacial score (nSPS) is 29.3. The maximum Gasteiger partial charge on any atom is 0.405 e. The molecule has 3 amide bonds. The Balaban J connectivity index is 1.49. The fraction of sp³-hybridized carbons (Fsp3) is 0.591. The van der Waals surface area contributed by atoms with Gasteiger partial charge in [-0.3, -0.25) is 14.9 Å². The molecule has 3 fully saturated rings. The molecule has 2 aliphatic heterocycles. The molecule has 0 radical (unpaired) electrons. The molecule has 0 spiro atoms. The second kappa shape index (κ2) is 8.09. The van der Waals surface area contributed by atoms with Gasteiger partial charge in [-0.25, -0.2) is 13.6 Å². The zero-order valence-corrected chi connectivity index (χ0v) is 17.5. The van der Waals surface area contributed by atoms with Crippen LogP contribution in [0.3, 0.4) is 0 Å². The van der Waals surface area contributed by atoms with Crippen molar-refractivity contribution < 1.29 is 27.9 Å². The number of piperidine rings is 1. The van der Waals surface area contributed by atoms with Gasteiger partial charge in [0, 0.05) is 36.7 Å². The molecular formula is C22H27F2N3O4. The van der Waals surface area contributed by atoms with Crippen LogP contribution in [0, 0.1) is 23.5 Å². The summed E-state index contributed by atoms with van der Waals surface area (Å²) in [6.45, 7) is 3.16. The summed E-state index contributed by atoms with van der Waals surface area (Å²) in [6, 6.07) is 2.45. The molecule has 9 heteroatoms. The molecule has 1 aliphatic carbocycles. The molecule has 0 aromatic heterocycles. The van der Waals surface area contributed by atoms with E-state index in [1.54, 1.807) is 0 Å². The largest absolute Gasteiger partial charge is 0.443 e. The third-order valence-electron chi connectivity index (χ3n) is 7.07. The zero-order chi connectivity index (χ0) is 22.3. The van der Waals surface area contributed by atoms with Crippen LogP contribution in [0.5, 0.6) is 0 Å².